The third-order valence-electron chi connectivity index (χ3n) is 7.18. The molecule has 0 amide bonds. The van der Waals surface area contributed by atoms with E-state index < -0.39 is 0 Å². The van der Waals surface area contributed by atoms with Crippen molar-refractivity contribution in [1.29, 1.82) is 0 Å². The van der Waals surface area contributed by atoms with Gasteiger partial charge in [-0.2, -0.15) is 5.10 Å². The molecule has 0 bridgehead atoms. The van der Waals surface area contributed by atoms with Crippen LogP contribution in [-0.4, -0.2) is 46.1 Å². The molecule has 10 heteroatoms. The molecule has 0 aliphatic carbocycles. The molecule has 0 saturated carbocycles. The standard InChI is InChI=1S/C31H28N6O2S2/c1-36-19-22(18-34-36)21-11-20(15-32-17-21)16-33-23-5-6-27-29(12-23)40-28-4-2-3-25(31(28)41-27)26-13-24(14-30(38)35-26)37-7-9-39-10-8-37/h2-6,11-15,17-19,33H,7-10,16H2,1H3,(H,35,38). The van der Waals surface area contributed by atoms with E-state index in [-0.39, 0.29) is 5.56 Å². The van der Waals surface area contributed by atoms with Gasteiger partial charge in [0.15, 0.2) is 0 Å². The van der Waals surface area contributed by atoms with E-state index in [0.717, 1.165) is 52.4 Å². The molecule has 2 aromatic carbocycles. The molecule has 7 rings (SSSR count). The number of hydrogen-bond acceptors (Lipinski definition) is 8. The van der Waals surface area contributed by atoms with Crippen molar-refractivity contribution < 1.29 is 4.74 Å². The Hall–Kier alpha value is -3.99. The summed E-state index contributed by atoms with van der Waals surface area (Å²) in [7, 11) is 1.92. The number of fused-ring (bicyclic) bond motifs is 2. The van der Waals surface area contributed by atoms with Crippen LogP contribution in [0.15, 0.2) is 104 Å². The summed E-state index contributed by atoms with van der Waals surface area (Å²) >= 11 is 3.52. The maximum atomic E-state index is 12.6. The molecule has 0 radical (unpaired) electrons. The fourth-order valence-corrected chi connectivity index (χ4v) is 7.53. The number of nitrogens with zero attached hydrogens (tertiary/aromatic N) is 4. The van der Waals surface area contributed by atoms with Crippen LogP contribution in [0, 0.1) is 0 Å². The van der Waals surface area contributed by atoms with E-state index in [4.69, 9.17) is 4.74 Å². The van der Waals surface area contributed by atoms with E-state index >= 15 is 0 Å². The van der Waals surface area contributed by atoms with Crippen molar-refractivity contribution in [3.8, 4) is 22.4 Å². The van der Waals surface area contributed by atoms with Gasteiger partial charge in [-0.1, -0.05) is 35.7 Å². The molecular weight excluding hydrogens is 553 g/mol. The number of nitrogens with one attached hydrogen (secondary N) is 2. The minimum atomic E-state index is -0.0904. The van der Waals surface area contributed by atoms with Crippen LogP contribution in [0.5, 0.6) is 0 Å². The van der Waals surface area contributed by atoms with Gasteiger partial charge in [0, 0.05) is 99.0 Å². The number of rotatable bonds is 6. The number of ether oxygens (including phenoxy) is 1. The number of anilines is 2. The summed E-state index contributed by atoms with van der Waals surface area (Å²) in [6, 6.07) is 18.7. The Morgan fingerprint density at radius 2 is 1.85 bits per heavy atom. The third-order valence-corrected chi connectivity index (χ3v) is 9.78. The van der Waals surface area contributed by atoms with Crippen molar-refractivity contribution in [3.05, 3.63) is 95.3 Å². The van der Waals surface area contributed by atoms with E-state index in [1.54, 1.807) is 34.3 Å². The fourth-order valence-electron chi connectivity index (χ4n) is 5.12. The highest BCUT2D eigenvalue weighted by atomic mass is 32.2. The summed E-state index contributed by atoms with van der Waals surface area (Å²) in [6.07, 6.45) is 7.61. The summed E-state index contributed by atoms with van der Waals surface area (Å²) in [5.41, 5.74) is 7.01. The number of pyridine rings is 2. The SMILES string of the molecule is Cn1cc(-c2cncc(CNc3ccc4c(c3)Sc3cccc(-c5cc(N6CCOCC6)cc(=O)[nH]5)c3S4)c2)cn1. The molecule has 5 heterocycles. The van der Waals surface area contributed by atoms with E-state index in [1.165, 1.54) is 19.6 Å². The van der Waals surface area contributed by atoms with Gasteiger partial charge in [0.2, 0.25) is 5.56 Å². The fraction of sp³-hybridized carbons (Fsp3) is 0.194. The van der Waals surface area contributed by atoms with Crippen LogP contribution in [-0.2, 0) is 18.3 Å². The Kier molecular flexibility index (Phi) is 7.03. The molecule has 206 valence electrons. The number of hydrogen-bond donors (Lipinski definition) is 2. The van der Waals surface area contributed by atoms with E-state index in [0.29, 0.717) is 19.8 Å². The second-order valence-corrected chi connectivity index (χ2v) is 12.2. The molecule has 2 aliphatic rings. The summed E-state index contributed by atoms with van der Waals surface area (Å²) in [5, 5.41) is 7.83. The number of aromatic nitrogens is 4. The maximum Gasteiger partial charge on any atom is 0.250 e. The van der Waals surface area contributed by atoms with Crippen molar-refractivity contribution in [3.63, 3.8) is 0 Å². The molecule has 5 aromatic rings. The van der Waals surface area contributed by atoms with Gasteiger partial charge in [0.1, 0.15) is 0 Å². The van der Waals surface area contributed by atoms with Gasteiger partial charge in [0.05, 0.1) is 25.1 Å². The molecule has 0 unspecified atom stereocenters. The van der Waals surface area contributed by atoms with Gasteiger partial charge < -0.3 is 19.9 Å². The van der Waals surface area contributed by atoms with Crippen LogP contribution in [0.1, 0.15) is 5.56 Å². The van der Waals surface area contributed by atoms with Crippen molar-refractivity contribution in [1.82, 2.24) is 19.7 Å². The second kappa shape index (κ2) is 11.1. The predicted octanol–water partition coefficient (Wildman–Crippen LogP) is 5.90. The molecule has 0 spiro atoms. The van der Waals surface area contributed by atoms with E-state index in [9.17, 15) is 4.79 Å². The molecule has 0 atom stereocenters. The van der Waals surface area contributed by atoms with Crippen molar-refractivity contribution >= 4 is 34.9 Å². The van der Waals surface area contributed by atoms with Gasteiger partial charge in [-0.25, -0.2) is 0 Å². The van der Waals surface area contributed by atoms with Gasteiger partial charge in [-0.05, 0) is 42.0 Å². The average molecular weight is 581 g/mol. The molecule has 1 saturated heterocycles. The average Bonchev–Trinajstić information content (AvgIpc) is 3.45. The Balaban J connectivity index is 1.10. The minimum Gasteiger partial charge on any atom is -0.381 e. The van der Waals surface area contributed by atoms with Crippen LogP contribution in [0.3, 0.4) is 0 Å². The van der Waals surface area contributed by atoms with Crippen molar-refractivity contribution in [2.45, 2.75) is 26.1 Å². The normalized spacial score (nSPS) is 14.4. The molecule has 3 aromatic heterocycles. The zero-order chi connectivity index (χ0) is 27.8. The van der Waals surface area contributed by atoms with Gasteiger partial charge >= 0.3 is 0 Å². The third kappa shape index (κ3) is 5.50. The zero-order valence-electron chi connectivity index (χ0n) is 22.5. The Bertz CT molecular complexity index is 1790. The first-order valence-electron chi connectivity index (χ1n) is 13.5. The first kappa shape index (κ1) is 25.9. The highest BCUT2D eigenvalue weighted by Crippen LogP contribution is 2.52. The monoisotopic (exact) mass is 580 g/mol. The van der Waals surface area contributed by atoms with Gasteiger partial charge in [-0.3, -0.25) is 14.5 Å². The van der Waals surface area contributed by atoms with Gasteiger partial charge in [-0.15, -0.1) is 0 Å². The van der Waals surface area contributed by atoms with E-state index in [2.05, 4.69) is 73.8 Å². The number of morpholine rings is 1. The van der Waals surface area contributed by atoms with Gasteiger partial charge in [0.25, 0.3) is 0 Å². The maximum absolute atomic E-state index is 12.6. The van der Waals surface area contributed by atoms with Crippen LogP contribution in [0.2, 0.25) is 0 Å². The Morgan fingerprint density at radius 1 is 0.951 bits per heavy atom. The summed E-state index contributed by atoms with van der Waals surface area (Å²) in [6.45, 7) is 3.60. The highest BCUT2D eigenvalue weighted by molar-refractivity contribution is 8.05. The first-order valence-corrected chi connectivity index (χ1v) is 15.1. The summed E-state index contributed by atoms with van der Waals surface area (Å²) in [5.74, 6) is 0. The number of aryl methyl sites for hydroxylation is 1. The molecule has 41 heavy (non-hydrogen) atoms. The lowest BCUT2D eigenvalue weighted by atomic mass is 10.1. The van der Waals surface area contributed by atoms with Crippen molar-refractivity contribution in [2.24, 2.45) is 7.05 Å². The lowest BCUT2D eigenvalue weighted by Gasteiger charge is -2.29. The molecule has 8 nitrogen and oxygen atoms in total. The highest BCUT2D eigenvalue weighted by Gasteiger charge is 2.22. The first-order chi connectivity index (χ1) is 20.1. The molecule has 2 N–H and O–H groups in total. The molecule has 1 fully saturated rings. The predicted molar refractivity (Wildman–Crippen MR) is 164 cm³/mol. The van der Waals surface area contributed by atoms with Crippen LogP contribution in [0.4, 0.5) is 11.4 Å². The smallest absolute Gasteiger partial charge is 0.250 e. The van der Waals surface area contributed by atoms with Crippen LogP contribution < -0.4 is 15.8 Å². The largest absolute Gasteiger partial charge is 0.381 e. The van der Waals surface area contributed by atoms with E-state index in [1.807, 2.05) is 31.8 Å². The summed E-state index contributed by atoms with van der Waals surface area (Å²) in [4.78, 5) is 27.1. The topological polar surface area (TPSA) is 88.1 Å². The lowest BCUT2D eigenvalue weighted by Crippen LogP contribution is -2.36. The zero-order valence-corrected chi connectivity index (χ0v) is 24.1. The Labute approximate surface area is 246 Å². The lowest BCUT2D eigenvalue weighted by molar-refractivity contribution is 0.122. The second-order valence-electron chi connectivity index (χ2n) is 10.1. The number of aromatic amines is 1. The van der Waals surface area contributed by atoms with Crippen LogP contribution >= 0.6 is 23.5 Å². The number of benzene rings is 2. The van der Waals surface area contributed by atoms with Crippen molar-refractivity contribution in [2.75, 3.05) is 36.5 Å². The Morgan fingerprint density at radius 3 is 2.71 bits per heavy atom. The quantitative estimate of drug-likeness (QED) is 0.252. The number of H-pyrrole nitrogens is 1. The molecule has 2 aliphatic heterocycles. The minimum absolute atomic E-state index is 0.0904. The summed E-state index contributed by atoms with van der Waals surface area (Å²) < 4.78 is 7.30. The molecular formula is C31H28N6O2S2. The van der Waals surface area contributed by atoms with Crippen LogP contribution in [0.25, 0.3) is 22.4 Å².